The van der Waals surface area contributed by atoms with Gasteiger partial charge in [0.05, 0.1) is 12.0 Å². The molecule has 0 heterocycles. The molecule has 3 N–H and O–H groups in total. The zero-order valence-corrected chi connectivity index (χ0v) is 12.3. The Morgan fingerprint density at radius 3 is 2.60 bits per heavy atom. The highest BCUT2D eigenvalue weighted by atomic mass is 16.5. The summed E-state index contributed by atoms with van der Waals surface area (Å²) in [4.78, 5) is 12.3. The van der Waals surface area contributed by atoms with Crippen LogP contribution in [0, 0.1) is 5.92 Å². The van der Waals surface area contributed by atoms with Crippen LogP contribution in [0.2, 0.25) is 0 Å². The van der Waals surface area contributed by atoms with E-state index in [1.54, 1.807) is 0 Å². The average molecular weight is 276 g/mol. The molecular weight excluding hydrogens is 252 g/mol. The molecule has 1 aromatic rings. The molecule has 0 aromatic heterocycles. The first-order chi connectivity index (χ1) is 9.50. The zero-order chi connectivity index (χ0) is 14.6. The molecule has 0 unspecified atom stereocenters. The molecule has 1 aliphatic carbocycles. The molecule has 1 aromatic carbocycles. The zero-order valence-electron chi connectivity index (χ0n) is 12.3. The number of hydrogen-bond donors (Lipinski definition) is 2. The van der Waals surface area contributed by atoms with Gasteiger partial charge in [0, 0.05) is 18.8 Å². The number of nitrogen functional groups attached to an aromatic ring is 1. The van der Waals surface area contributed by atoms with Crippen molar-refractivity contribution in [3.63, 3.8) is 0 Å². The van der Waals surface area contributed by atoms with E-state index in [-0.39, 0.29) is 5.91 Å². The van der Waals surface area contributed by atoms with Gasteiger partial charge in [-0.25, -0.2) is 0 Å². The van der Waals surface area contributed by atoms with Crippen molar-refractivity contribution in [3.8, 4) is 0 Å². The number of carbonyl (C=O) groups excluding carboxylic acids is 1. The van der Waals surface area contributed by atoms with Gasteiger partial charge in [0.2, 0.25) is 5.91 Å². The van der Waals surface area contributed by atoms with E-state index in [0.717, 1.165) is 18.1 Å². The lowest BCUT2D eigenvalue weighted by Gasteiger charge is -2.24. The number of hydrogen-bond acceptors (Lipinski definition) is 3. The van der Waals surface area contributed by atoms with Gasteiger partial charge in [0.15, 0.2) is 0 Å². The number of nitrogens with two attached hydrogens (primary N) is 1. The van der Waals surface area contributed by atoms with Crippen LogP contribution in [0.1, 0.15) is 32.3 Å². The molecule has 1 fully saturated rings. The van der Waals surface area contributed by atoms with Gasteiger partial charge in [-0.15, -0.1) is 0 Å². The molecule has 0 bridgehead atoms. The number of amides is 1. The maximum atomic E-state index is 12.3. The SMILES string of the molecule is CC(C)(C(=O)NCCOCC1CC1)c1ccc(N)cc1. The van der Waals surface area contributed by atoms with Crippen LogP contribution in [-0.4, -0.2) is 25.7 Å². The summed E-state index contributed by atoms with van der Waals surface area (Å²) in [5.41, 5.74) is 6.77. The summed E-state index contributed by atoms with van der Waals surface area (Å²) in [5.74, 6) is 0.772. The van der Waals surface area contributed by atoms with Crippen LogP contribution in [0.5, 0.6) is 0 Å². The smallest absolute Gasteiger partial charge is 0.230 e. The second kappa shape index (κ2) is 6.27. The minimum absolute atomic E-state index is 0.0114. The van der Waals surface area contributed by atoms with Crippen LogP contribution in [0.25, 0.3) is 0 Å². The van der Waals surface area contributed by atoms with Crippen LogP contribution >= 0.6 is 0 Å². The van der Waals surface area contributed by atoms with Gasteiger partial charge in [0.25, 0.3) is 0 Å². The maximum Gasteiger partial charge on any atom is 0.230 e. The van der Waals surface area contributed by atoms with Gasteiger partial charge in [-0.05, 0) is 50.3 Å². The molecular formula is C16H24N2O2. The average Bonchev–Trinajstić information content (AvgIpc) is 3.22. The predicted molar refractivity (Wildman–Crippen MR) is 80.4 cm³/mol. The third-order valence-corrected chi connectivity index (χ3v) is 3.78. The molecule has 110 valence electrons. The van der Waals surface area contributed by atoms with E-state index in [0.29, 0.717) is 18.8 Å². The highest BCUT2D eigenvalue weighted by molar-refractivity contribution is 5.87. The maximum absolute atomic E-state index is 12.3. The molecule has 20 heavy (non-hydrogen) atoms. The topological polar surface area (TPSA) is 64.3 Å². The summed E-state index contributed by atoms with van der Waals surface area (Å²) in [5, 5.41) is 2.93. The van der Waals surface area contributed by atoms with Gasteiger partial charge >= 0.3 is 0 Å². The van der Waals surface area contributed by atoms with Crippen molar-refractivity contribution in [3.05, 3.63) is 29.8 Å². The molecule has 0 radical (unpaired) electrons. The molecule has 0 atom stereocenters. The standard InChI is InChI=1S/C16H24N2O2/c1-16(2,13-5-7-14(17)8-6-13)15(19)18-9-10-20-11-12-3-4-12/h5-8,12H,3-4,9-11,17H2,1-2H3,(H,18,19). The number of benzene rings is 1. The Morgan fingerprint density at radius 1 is 1.35 bits per heavy atom. The fraction of sp³-hybridized carbons (Fsp3) is 0.562. The number of nitrogens with one attached hydrogen (secondary N) is 1. The van der Waals surface area contributed by atoms with Crippen molar-refractivity contribution < 1.29 is 9.53 Å². The minimum Gasteiger partial charge on any atom is -0.399 e. The van der Waals surface area contributed by atoms with Gasteiger partial charge in [-0.3, -0.25) is 4.79 Å². The normalized spacial score (nSPS) is 15.1. The number of anilines is 1. The Labute approximate surface area is 120 Å². The summed E-state index contributed by atoms with van der Waals surface area (Å²) >= 11 is 0. The molecule has 1 saturated carbocycles. The number of carbonyl (C=O) groups is 1. The van der Waals surface area contributed by atoms with Crippen molar-refractivity contribution in [2.75, 3.05) is 25.5 Å². The summed E-state index contributed by atoms with van der Waals surface area (Å²) < 4.78 is 5.51. The van der Waals surface area contributed by atoms with Crippen LogP contribution in [0.15, 0.2) is 24.3 Å². The van der Waals surface area contributed by atoms with Crippen LogP contribution in [0.3, 0.4) is 0 Å². The summed E-state index contributed by atoms with van der Waals surface area (Å²) in [6.07, 6.45) is 2.58. The Morgan fingerprint density at radius 2 is 2.00 bits per heavy atom. The van der Waals surface area contributed by atoms with E-state index in [1.165, 1.54) is 12.8 Å². The van der Waals surface area contributed by atoms with E-state index >= 15 is 0 Å². The summed E-state index contributed by atoms with van der Waals surface area (Å²) in [6.45, 7) is 5.80. The second-order valence-corrected chi connectivity index (χ2v) is 6.02. The minimum atomic E-state index is -0.565. The first kappa shape index (κ1) is 14.9. The van der Waals surface area contributed by atoms with E-state index in [2.05, 4.69) is 5.32 Å². The second-order valence-electron chi connectivity index (χ2n) is 6.02. The first-order valence-electron chi connectivity index (χ1n) is 7.22. The van der Waals surface area contributed by atoms with Crippen LogP contribution in [0.4, 0.5) is 5.69 Å². The highest BCUT2D eigenvalue weighted by Gasteiger charge is 2.29. The van der Waals surface area contributed by atoms with Crippen LogP contribution in [-0.2, 0) is 14.9 Å². The number of ether oxygens (including phenoxy) is 1. The molecule has 0 aliphatic heterocycles. The van der Waals surface area contributed by atoms with E-state index in [9.17, 15) is 4.79 Å². The fourth-order valence-corrected chi connectivity index (χ4v) is 2.02. The van der Waals surface area contributed by atoms with E-state index in [1.807, 2.05) is 38.1 Å². The Hall–Kier alpha value is -1.55. The third-order valence-electron chi connectivity index (χ3n) is 3.78. The quantitative estimate of drug-likeness (QED) is 0.592. The largest absolute Gasteiger partial charge is 0.399 e. The first-order valence-corrected chi connectivity index (χ1v) is 7.22. The fourth-order valence-electron chi connectivity index (χ4n) is 2.02. The van der Waals surface area contributed by atoms with E-state index in [4.69, 9.17) is 10.5 Å². The van der Waals surface area contributed by atoms with Crippen molar-refractivity contribution in [1.82, 2.24) is 5.32 Å². The molecule has 0 spiro atoms. The molecule has 2 rings (SSSR count). The summed E-state index contributed by atoms with van der Waals surface area (Å²) in [7, 11) is 0. The van der Waals surface area contributed by atoms with Gasteiger partial charge in [0.1, 0.15) is 0 Å². The lowest BCUT2D eigenvalue weighted by Crippen LogP contribution is -2.41. The Kier molecular flexibility index (Phi) is 4.65. The molecule has 1 aliphatic rings. The van der Waals surface area contributed by atoms with Gasteiger partial charge < -0.3 is 15.8 Å². The molecule has 1 amide bonds. The van der Waals surface area contributed by atoms with E-state index < -0.39 is 5.41 Å². The Bertz CT molecular complexity index is 450. The lowest BCUT2D eigenvalue weighted by atomic mass is 9.83. The Balaban J connectivity index is 1.78. The lowest BCUT2D eigenvalue weighted by molar-refractivity contribution is -0.125. The molecule has 4 heteroatoms. The molecule has 0 saturated heterocycles. The monoisotopic (exact) mass is 276 g/mol. The van der Waals surface area contributed by atoms with Crippen molar-refractivity contribution >= 4 is 11.6 Å². The number of rotatable bonds is 7. The summed E-state index contributed by atoms with van der Waals surface area (Å²) in [6, 6.07) is 7.45. The van der Waals surface area contributed by atoms with Crippen LogP contribution < -0.4 is 11.1 Å². The van der Waals surface area contributed by atoms with Crippen molar-refractivity contribution in [2.45, 2.75) is 32.1 Å². The molecule has 4 nitrogen and oxygen atoms in total. The van der Waals surface area contributed by atoms with Gasteiger partial charge in [-0.2, -0.15) is 0 Å². The highest BCUT2D eigenvalue weighted by Crippen LogP contribution is 2.28. The third kappa shape index (κ3) is 3.97. The van der Waals surface area contributed by atoms with Crippen molar-refractivity contribution in [2.24, 2.45) is 5.92 Å². The van der Waals surface area contributed by atoms with Gasteiger partial charge in [-0.1, -0.05) is 12.1 Å². The predicted octanol–water partition coefficient (Wildman–Crippen LogP) is 2.09. The van der Waals surface area contributed by atoms with Crippen molar-refractivity contribution in [1.29, 1.82) is 0 Å².